The van der Waals surface area contributed by atoms with Gasteiger partial charge in [-0.15, -0.1) is 0 Å². The van der Waals surface area contributed by atoms with Gasteiger partial charge >= 0.3 is 0 Å². The standard InChI is InChI=1S/C21H23N3O/c1-2-24-19-8-4-3-7-18(19)22-20(24)15-16-9-11-17(12-10-16)21(25)23-13-5-6-14-23/h3-4,7-12H,2,5-6,13-15H2,1H3. The maximum Gasteiger partial charge on any atom is 0.253 e. The van der Waals surface area contributed by atoms with Crippen LogP contribution in [0.4, 0.5) is 0 Å². The third-order valence-corrected chi connectivity index (χ3v) is 5.01. The summed E-state index contributed by atoms with van der Waals surface area (Å²) in [4.78, 5) is 19.2. The molecule has 1 amide bonds. The van der Waals surface area contributed by atoms with Crippen molar-refractivity contribution in [1.29, 1.82) is 0 Å². The van der Waals surface area contributed by atoms with E-state index in [0.717, 1.165) is 55.8 Å². The third-order valence-electron chi connectivity index (χ3n) is 5.01. The molecule has 4 rings (SSSR count). The molecule has 3 aromatic rings. The smallest absolute Gasteiger partial charge is 0.253 e. The summed E-state index contributed by atoms with van der Waals surface area (Å²) >= 11 is 0. The molecule has 1 aromatic heterocycles. The Kier molecular flexibility index (Phi) is 4.26. The second-order valence-corrected chi connectivity index (χ2v) is 6.63. The van der Waals surface area contributed by atoms with Crippen molar-refractivity contribution >= 4 is 16.9 Å². The molecule has 4 heteroatoms. The van der Waals surface area contributed by atoms with Gasteiger partial charge in [0, 0.05) is 31.6 Å². The number of fused-ring (bicyclic) bond motifs is 1. The Morgan fingerprint density at radius 1 is 1.04 bits per heavy atom. The molecular formula is C21H23N3O. The van der Waals surface area contributed by atoms with Crippen LogP contribution in [0.5, 0.6) is 0 Å². The van der Waals surface area contributed by atoms with E-state index in [1.807, 2.05) is 23.1 Å². The summed E-state index contributed by atoms with van der Waals surface area (Å²) in [7, 11) is 0. The van der Waals surface area contributed by atoms with Crippen LogP contribution in [-0.2, 0) is 13.0 Å². The number of nitrogens with zero attached hydrogens (tertiary/aromatic N) is 3. The summed E-state index contributed by atoms with van der Waals surface area (Å²) in [6, 6.07) is 16.3. The number of likely N-dealkylation sites (tertiary alicyclic amines) is 1. The Hall–Kier alpha value is -2.62. The average Bonchev–Trinajstić information content (AvgIpc) is 3.29. The van der Waals surface area contributed by atoms with Gasteiger partial charge in [-0.05, 0) is 49.6 Å². The number of aromatic nitrogens is 2. The lowest BCUT2D eigenvalue weighted by Crippen LogP contribution is -2.27. The van der Waals surface area contributed by atoms with Crippen LogP contribution in [0.25, 0.3) is 11.0 Å². The zero-order valence-electron chi connectivity index (χ0n) is 14.6. The molecule has 2 aromatic carbocycles. The van der Waals surface area contributed by atoms with E-state index in [2.05, 4.69) is 41.8 Å². The van der Waals surface area contributed by atoms with Gasteiger partial charge in [-0.2, -0.15) is 0 Å². The van der Waals surface area contributed by atoms with Crippen LogP contribution in [0.15, 0.2) is 48.5 Å². The fourth-order valence-electron chi connectivity index (χ4n) is 3.66. The molecule has 4 nitrogen and oxygen atoms in total. The summed E-state index contributed by atoms with van der Waals surface area (Å²) < 4.78 is 2.26. The molecule has 1 saturated heterocycles. The predicted molar refractivity (Wildman–Crippen MR) is 99.8 cm³/mol. The number of imidazole rings is 1. The van der Waals surface area contributed by atoms with Crippen LogP contribution < -0.4 is 0 Å². The molecule has 128 valence electrons. The summed E-state index contributed by atoms with van der Waals surface area (Å²) in [5.41, 5.74) is 4.19. The molecule has 25 heavy (non-hydrogen) atoms. The lowest BCUT2D eigenvalue weighted by atomic mass is 10.1. The number of amides is 1. The maximum atomic E-state index is 12.4. The first-order valence-electron chi connectivity index (χ1n) is 9.08. The molecule has 0 bridgehead atoms. The highest BCUT2D eigenvalue weighted by molar-refractivity contribution is 5.94. The molecular weight excluding hydrogens is 310 g/mol. The molecule has 0 saturated carbocycles. The Balaban J connectivity index is 1.56. The molecule has 0 unspecified atom stereocenters. The molecule has 0 spiro atoms. The first kappa shape index (κ1) is 15.9. The number of rotatable bonds is 4. The second kappa shape index (κ2) is 6.71. The molecule has 0 radical (unpaired) electrons. The molecule has 1 aliphatic heterocycles. The summed E-state index contributed by atoms with van der Waals surface area (Å²) in [5.74, 6) is 1.23. The van der Waals surface area contributed by atoms with E-state index in [0.29, 0.717) is 0 Å². The summed E-state index contributed by atoms with van der Waals surface area (Å²) in [6.45, 7) is 4.83. The Bertz CT molecular complexity index is 889. The first-order chi connectivity index (χ1) is 12.3. The number of aryl methyl sites for hydroxylation is 1. The quantitative estimate of drug-likeness (QED) is 0.726. The summed E-state index contributed by atoms with van der Waals surface area (Å²) in [5, 5.41) is 0. The molecule has 0 aliphatic carbocycles. The van der Waals surface area contributed by atoms with Crippen LogP contribution >= 0.6 is 0 Å². The van der Waals surface area contributed by atoms with Gasteiger partial charge in [-0.3, -0.25) is 4.79 Å². The lowest BCUT2D eigenvalue weighted by molar-refractivity contribution is 0.0793. The van der Waals surface area contributed by atoms with E-state index in [9.17, 15) is 4.79 Å². The van der Waals surface area contributed by atoms with Gasteiger partial charge in [0.2, 0.25) is 0 Å². The van der Waals surface area contributed by atoms with Gasteiger partial charge in [0.1, 0.15) is 5.82 Å². The van der Waals surface area contributed by atoms with Crippen molar-refractivity contribution < 1.29 is 4.79 Å². The Morgan fingerprint density at radius 3 is 2.48 bits per heavy atom. The third kappa shape index (κ3) is 3.04. The zero-order chi connectivity index (χ0) is 17.2. The van der Waals surface area contributed by atoms with Crippen LogP contribution in [0.2, 0.25) is 0 Å². The molecule has 1 aliphatic rings. The van der Waals surface area contributed by atoms with Gasteiger partial charge in [0.15, 0.2) is 0 Å². The fourth-order valence-corrected chi connectivity index (χ4v) is 3.66. The van der Waals surface area contributed by atoms with Crippen molar-refractivity contribution in [2.45, 2.75) is 32.7 Å². The van der Waals surface area contributed by atoms with Crippen LogP contribution in [-0.4, -0.2) is 33.4 Å². The second-order valence-electron chi connectivity index (χ2n) is 6.63. The molecule has 0 N–H and O–H groups in total. The van der Waals surface area contributed by atoms with Gasteiger partial charge < -0.3 is 9.47 Å². The van der Waals surface area contributed by atoms with Crippen LogP contribution in [0.1, 0.15) is 41.5 Å². The van der Waals surface area contributed by atoms with Gasteiger partial charge in [0.25, 0.3) is 5.91 Å². The summed E-state index contributed by atoms with van der Waals surface area (Å²) in [6.07, 6.45) is 3.02. The van der Waals surface area contributed by atoms with Gasteiger partial charge in [-0.25, -0.2) is 4.98 Å². The number of hydrogen-bond donors (Lipinski definition) is 0. The van der Waals surface area contributed by atoms with Crippen molar-refractivity contribution in [3.8, 4) is 0 Å². The van der Waals surface area contributed by atoms with Crippen LogP contribution in [0, 0.1) is 0 Å². The van der Waals surface area contributed by atoms with Crippen molar-refractivity contribution in [3.05, 3.63) is 65.5 Å². The minimum absolute atomic E-state index is 0.157. The number of carbonyl (C=O) groups excluding carboxylic acids is 1. The number of hydrogen-bond acceptors (Lipinski definition) is 2. The van der Waals surface area contributed by atoms with Crippen molar-refractivity contribution in [2.24, 2.45) is 0 Å². The predicted octanol–water partition coefficient (Wildman–Crippen LogP) is 3.88. The number of para-hydroxylation sites is 2. The molecule has 1 fully saturated rings. The largest absolute Gasteiger partial charge is 0.339 e. The highest BCUT2D eigenvalue weighted by Gasteiger charge is 2.19. The number of carbonyl (C=O) groups is 1. The normalized spacial score (nSPS) is 14.4. The SMILES string of the molecule is CCn1c(Cc2ccc(C(=O)N3CCCC3)cc2)nc2ccccc21. The van der Waals surface area contributed by atoms with Crippen LogP contribution in [0.3, 0.4) is 0 Å². The zero-order valence-corrected chi connectivity index (χ0v) is 14.6. The molecule has 0 atom stereocenters. The van der Waals surface area contributed by atoms with E-state index < -0.39 is 0 Å². The Morgan fingerprint density at radius 2 is 1.76 bits per heavy atom. The first-order valence-corrected chi connectivity index (χ1v) is 9.08. The van der Waals surface area contributed by atoms with E-state index in [4.69, 9.17) is 4.98 Å². The number of benzene rings is 2. The van der Waals surface area contributed by atoms with E-state index in [1.54, 1.807) is 0 Å². The minimum Gasteiger partial charge on any atom is -0.339 e. The van der Waals surface area contributed by atoms with Gasteiger partial charge in [0.05, 0.1) is 11.0 Å². The highest BCUT2D eigenvalue weighted by Crippen LogP contribution is 2.19. The van der Waals surface area contributed by atoms with E-state index in [-0.39, 0.29) is 5.91 Å². The fraction of sp³-hybridized carbons (Fsp3) is 0.333. The Labute approximate surface area is 148 Å². The molecule has 2 heterocycles. The lowest BCUT2D eigenvalue weighted by Gasteiger charge is -2.15. The van der Waals surface area contributed by atoms with Gasteiger partial charge in [-0.1, -0.05) is 24.3 Å². The van der Waals surface area contributed by atoms with Crippen molar-refractivity contribution in [1.82, 2.24) is 14.5 Å². The monoisotopic (exact) mass is 333 g/mol. The minimum atomic E-state index is 0.157. The van der Waals surface area contributed by atoms with Crippen molar-refractivity contribution in [3.63, 3.8) is 0 Å². The van der Waals surface area contributed by atoms with E-state index in [1.165, 1.54) is 11.1 Å². The highest BCUT2D eigenvalue weighted by atomic mass is 16.2. The topological polar surface area (TPSA) is 38.1 Å². The van der Waals surface area contributed by atoms with Crippen molar-refractivity contribution in [2.75, 3.05) is 13.1 Å². The van der Waals surface area contributed by atoms with E-state index >= 15 is 0 Å². The average molecular weight is 333 g/mol. The maximum absolute atomic E-state index is 12.4.